The van der Waals surface area contributed by atoms with Crippen LogP contribution in [0.1, 0.15) is 38.5 Å². The van der Waals surface area contributed by atoms with Crippen LogP contribution in [0.25, 0.3) is 0 Å². The highest BCUT2D eigenvalue weighted by atomic mass is 19.1. The van der Waals surface area contributed by atoms with E-state index in [-0.39, 0.29) is 30.5 Å². The number of carbonyl (C=O) groups excluding carboxylic acids is 2. The number of carboxylic acid groups (broad SMARTS) is 1. The fraction of sp³-hybridized carbons (Fsp3) is 0.550. The van der Waals surface area contributed by atoms with Gasteiger partial charge in [0.15, 0.2) is 0 Å². The van der Waals surface area contributed by atoms with Crippen LogP contribution in [0.3, 0.4) is 0 Å². The van der Waals surface area contributed by atoms with Gasteiger partial charge in [-0.05, 0) is 31.4 Å². The zero-order valence-corrected chi connectivity index (χ0v) is 15.8. The lowest BCUT2D eigenvalue weighted by atomic mass is 9.86. The molecule has 0 bridgehead atoms. The van der Waals surface area contributed by atoms with Crippen molar-refractivity contribution >= 4 is 23.5 Å². The average molecular weight is 391 g/mol. The topological polar surface area (TPSA) is 90.0 Å². The van der Waals surface area contributed by atoms with Crippen LogP contribution in [-0.2, 0) is 14.4 Å². The quantitative estimate of drug-likeness (QED) is 0.739. The van der Waals surface area contributed by atoms with Crippen molar-refractivity contribution in [2.24, 2.45) is 0 Å². The van der Waals surface area contributed by atoms with Crippen LogP contribution in [0.2, 0.25) is 0 Å². The van der Waals surface area contributed by atoms with E-state index < -0.39 is 11.5 Å². The molecule has 1 aromatic carbocycles. The van der Waals surface area contributed by atoms with Gasteiger partial charge in [0, 0.05) is 51.0 Å². The van der Waals surface area contributed by atoms with Gasteiger partial charge in [-0.2, -0.15) is 0 Å². The average Bonchev–Trinajstić information content (AvgIpc) is 3.06. The highest BCUT2D eigenvalue weighted by Gasteiger charge is 2.38. The van der Waals surface area contributed by atoms with Crippen molar-refractivity contribution in [3.63, 3.8) is 0 Å². The molecular formula is C20H26FN3O4. The van der Waals surface area contributed by atoms with Crippen LogP contribution in [0, 0.1) is 5.82 Å². The Morgan fingerprint density at radius 2 is 1.79 bits per heavy atom. The normalized spacial score (nSPS) is 22.2. The summed E-state index contributed by atoms with van der Waals surface area (Å²) in [6, 6.07) is 6.62. The SMILES string of the molecule is O=C(O)CCC1(CCC(=O)N2CCN(c3ccccc3F)CC2)CCC(=O)N1. The number of carboxylic acids is 1. The van der Waals surface area contributed by atoms with Gasteiger partial charge in [-0.15, -0.1) is 0 Å². The number of anilines is 1. The number of hydrogen-bond donors (Lipinski definition) is 2. The molecule has 2 aliphatic heterocycles. The van der Waals surface area contributed by atoms with Crippen molar-refractivity contribution in [3.05, 3.63) is 30.1 Å². The monoisotopic (exact) mass is 391 g/mol. The molecule has 152 valence electrons. The molecule has 0 aromatic heterocycles. The molecule has 1 unspecified atom stereocenters. The van der Waals surface area contributed by atoms with E-state index in [2.05, 4.69) is 5.32 Å². The first-order chi connectivity index (χ1) is 13.4. The maximum atomic E-state index is 13.9. The summed E-state index contributed by atoms with van der Waals surface area (Å²) in [5.41, 5.74) is -0.0454. The fourth-order valence-electron chi connectivity index (χ4n) is 4.03. The number of aliphatic carboxylic acids is 1. The van der Waals surface area contributed by atoms with E-state index in [1.807, 2.05) is 4.90 Å². The zero-order chi connectivity index (χ0) is 20.1. The van der Waals surface area contributed by atoms with Crippen LogP contribution in [0.4, 0.5) is 10.1 Å². The molecule has 2 amide bonds. The number of para-hydroxylation sites is 1. The second-order valence-corrected chi connectivity index (χ2v) is 7.54. The van der Waals surface area contributed by atoms with Crippen LogP contribution in [-0.4, -0.2) is 59.5 Å². The third-order valence-corrected chi connectivity index (χ3v) is 5.70. The lowest BCUT2D eigenvalue weighted by molar-refractivity contribution is -0.137. The maximum Gasteiger partial charge on any atom is 0.303 e. The van der Waals surface area contributed by atoms with Gasteiger partial charge < -0.3 is 20.2 Å². The number of hydrogen-bond acceptors (Lipinski definition) is 4. The van der Waals surface area contributed by atoms with Crippen molar-refractivity contribution < 1.29 is 23.9 Å². The second kappa shape index (κ2) is 8.58. The van der Waals surface area contributed by atoms with Crippen molar-refractivity contribution in [3.8, 4) is 0 Å². The van der Waals surface area contributed by atoms with Crippen molar-refractivity contribution in [2.45, 2.75) is 44.1 Å². The smallest absolute Gasteiger partial charge is 0.303 e. The molecule has 7 nitrogen and oxygen atoms in total. The number of carbonyl (C=O) groups is 3. The van der Waals surface area contributed by atoms with Gasteiger partial charge in [-0.3, -0.25) is 14.4 Å². The Kier molecular flexibility index (Phi) is 6.16. The minimum atomic E-state index is -0.906. The molecule has 1 atom stereocenters. The van der Waals surface area contributed by atoms with E-state index in [9.17, 15) is 18.8 Å². The molecule has 0 aliphatic carbocycles. The summed E-state index contributed by atoms with van der Waals surface area (Å²) in [6.07, 6.45) is 1.94. The fourth-order valence-corrected chi connectivity index (χ4v) is 4.03. The summed E-state index contributed by atoms with van der Waals surface area (Å²) in [7, 11) is 0. The van der Waals surface area contributed by atoms with Gasteiger partial charge in [0.2, 0.25) is 11.8 Å². The minimum Gasteiger partial charge on any atom is -0.481 e. The molecule has 2 aliphatic rings. The molecule has 2 fully saturated rings. The zero-order valence-electron chi connectivity index (χ0n) is 15.8. The van der Waals surface area contributed by atoms with Gasteiger partial charge >= 0.3 is 5.97 Å². The summed E-state index contributed by atoms with van der Waals surface area (Å²) in [5.74, 6) is -1.27. The number of benzene rings is 1. The summed E-state index contributed by atoms with van der Waals surface area (Å²) < 4.78 is 13.9. The van der Waals surface area contributed by atoms with Gasteiger partial charge in [0.05, 0.1) is 5.69 Å². The molecular weight excluding hydrogens is 365 g/mol. The number of piperazine rings is 1. The van der Waals surface area contributed by atoms with E-state index in [1.165, 1.54) is 6.07 Å². The first-order valence-electron chi connectivity index (χ1n) is 9.69. The molecule has 3 rings (SSSR count). The van der Waals surface area contributed by atoms with Gasteiger partial charge in [-0.1, -0.05) is 12.1 Å². The standard InChI is InChI=1S/C20H26FN3O4/c21-15-3-1-2-4-16(15)23-11-13-24(14-12-23)18(26)6-9-20(10-7-19(27)28)8-5-17(25)22-20/h1-4H,5-14H2,(H,22,25)(H,27,28). The number of amides is 2. The summed E-state index contributed by atoms with van der Waals surface area (Å²) >= 11 is 0. The lowest BCUT2D eigenvalue weighted by Crippen LogP contribution is -2.50. The molecule has 8 heteroatoms. The Balaban J connectivity index is 1.51. The van der Waals surface area contributed by atoms with E-state index >= 15 is 0 Å². The Morgan fingerprint density at radius 1 is 1.11 bits per heavy atom. The molecule has 1 aromatic rings. The number of rotatable bonds is 7. The number of nitrogens with one attached hydrogen (secondary N) is 1. The van der Waals surface area contributed by atoms with Crippen molar-refractivity contribution in [2.75, 3.05) is 31.1 Å². The first kappa shape index (κ1) is 20.1. The highest BCUT2D eigenvalue weighted by Crippen LogP contribution is 2.30. The van der Waals surface area contributed by atoms with Crippen LogP contribution >= 0.6 is 0 Å². The van der Waals surface area contributed by atoms with E-state index in [1.54, 1.807) is 23.1 Å². The Hall–Kier alpha value is -2.64. The molecule has 0 radical (unpaired) electrons. The Labute approximate surface area is 163 Å². The molecule has 2 saturated heterocycles. The highest BCUT2D eigenvalue weighted by molar-refractivity contribution is 5.80. The molecule has 0 saturated carbocycles. The molecule has 2 heterocycles. The second-order valence-electron chi connectivity index (χ2n) is 7.54. The summed E-state index contributed by atoms with van der Waals surface area (Å²) in [4.78, 5) is 38.9. The van der Waals surface area contributed by atoms with Crippen LogP contribution in [0.5, 0.6) is 0 Å². The third-order valence-electron chi connectivity index (χ3n) is 5.70. The largest absolute Gasteiger partial charge is 0.481 e. The minimum absolute atomic E-state index is 0.0102. The van der Waals surface area contributed by atoms with Crippen molar-refractivity contribution in [1.29, 1.82) is 0 Å². The van der Waals surface area contributed by atoms with Gasteiger partial charge in [-0.25, -0.2) is 4.39 Å². The third kappa shape index (κ3) is 4.79. The number of nitrogens with zero attached hydrogens (tertiary/aromatic N) is 2. The van der Waals surface area contributed by atoms with Gasteiger partial charge in [0.25, 0.3) is 0 Å². The Bertz CT molecular complexity index is 749. The van der Waals surface area contributed by atoms with Gasteiger partial charge in [0.1, 0.15) is 5.82 Å². The molecule has 0 spiro atoms. The summed E-state index contributed by atoms with van der Waals surface area (Å²) in [6.45, 7) is 2.16. The predicted molar refractivity (Wildman–Crippen MR) is 101 cm³/mol. The molecule has 2 N–H and O–H groups in total. The Morgan fingerprint density at radius 3 is 2.39 bits per heavy atom. The summed E-state index contributed by atoms with van der Waals surface area (Å²) in [5, 5.41) is 11.8. The van der Waals surface area contributed by atoms with Crippen LogP contribution < -0.4 is 10.2 Å². The molecule has 28 heavy (non-hydrogen) atoms. The van der Waals surface area contributed by atoms with E-state index in [4.69, 9.17) is 5.11 Å². The predicted octanol–water partition coefficient (Wildman–Crippen LogP) is 1.77. The van der Waals surface area contributed by atoms with Crippen LogP contribution in [0.15, 0.2) is 24.3 Å². The van der Waals surface area contributed by atoms with E-state index in [0.29, 0.717) is 57.5 Å². The first-order valence-corrected chi connectivity index (χ1v) is 9.69. The number of halogens is 1. The maximum absolute atomic E-state index is 13.9. The lowest BCUT2D eigenvalue weighted by Gasteiger charge is -2.37. The van der Waals surface area contributed by atoms with E-state index in [0.717, 1.165) is 0 Å². The van der Waals surface area contributed by atoms with Crippen molar-refractivity contribution in [1.82, 2.24) is 10.2 Å².